The zero-order chi connectivity index (χ0) is 19.9. The summed E-state index contributed by atoms with van der Waals surface area (Å²) in [6, 6.07) is 6.26. The first-order chi connectivity index (χ1) is 13.3. The predicted octanol–water partition coefficient (Wildman–Crippen LogP) is 4.21. The van der Waals surface area contributed by atoms with Gasteiger partial charge in [0.05, 0.1) is 16.1 Å². The van der Waals surface area contributed by atoms with E-state index in [1.54, 1.807) is 0 Å². The highest BCUT2D eigenvalue weighted by Gasteiger charge is 2.31. The van der Waals surface area contributed by atoms with Crippen molar-refractivity contribution >= 4 is 11.3 Å². The van der Waals surface area contributed by atoms with Crippen LogP contribution in [0.1, 0.15) is 22.4 Å². The molecule has 3 aromatic rings. The van der Waals surface area contributed by atoms with Crippen LogP contribution in [-0.4, -0.2) is 21.4 Å². The van der Waals surface area contributed by atoms with Crippen molar-refractivity contribution in [2.75, 3.05) is 6.54 Å². The quantitative estimate of drug-likeness (QED) is 0.660. The standard InChI is InChI=1S/C19H15F4N3OS/c20-13-7-11(6-12(8-13)19(21,22)23)9-26-4-3-14-15(10-26)24-17(25-18(14)27)16-2-1-5-28-16/h1-2,5-8H,3-4,9-10H2,(H,24,25,27). The van der Waals surface area contributed by atoms with Crippen molar-refractivity contribution in [1.29, 1.82) is 0 Å². The minimum atomic E-state index is -4.60. The minimum absolute atomic E-state index is 0.142. The summed E-state index contributed by atoms with van der Waals surface area (Å²) in [5.74, 6) is -0.442. The number of fused-ring (bicyclic) bond motifs is 1. The maximum absolute atomic E-state index is 13.6. The van der Waals surface area contributed by atoms with Gasteiger partial charge in [-0.1, -0.05) is 6.07 Å². The molecule has 4 nitrogen and oxygen atoms in total. The van der Waals surface area contributed by atoms with Gasteiger partial charge in [0.2, 0.25) is 0 Å². The van der Waals surface area contributed by atoms with Gasteiger partial charge < -0.3 is 4.98 Å². The van der Waals surface area contributed by atoms with Crippen molar-refractivity contribution in [2.45, 2.75) is 25.7 Å². The Kier molecular flexibility index (Phi) is 4.80. The number of benzene rings is 1. The van der Waals surface area contributed by atoms with Crippen LogP contribution in [0.3, 0.4) is 0 Å². The van der Waals surface area contributed by atoms with Gasteiger partial charge in [0.1, 0.15) is 5.82 Å². The van der Waals surface area contributed by atoms with E-state index in [1.807, 2.05) is 22.4 Å². The fourth-order valence-corrected chi connectivity index (χ4v) is 3.99. The van der Waals surface area contributed by atoms with E-state index in [0.29, 0.717) is 42.7 Å². The van der Waals surface area contributed by atoms with Gasteiger partial charge in [-0.2, -0.15) is 13.2 Å². The van der Waals surface area contributed by atoms with E-state index in [4.69, 9.17) is 0 Å². The summed E-state index contributed by atoms with van der Waals surface area (Å²) in [6.07, 6.45) is -4.17. The number of alkyl halides is 3. The molecule has 1 aliphatic heterocycles. The topological polar surface area (TPSA) is 49.0 Å². The molecule has 1 aromatic carbocycles. The lowest BCUT2D eigenvalue weighted by Gasteiger charge is -2.28. The molecule has 9 heteroatoms. The molecule has 0 atom stereocenters. The summed E-state index contributed by atoms with van der Waals surface area (Å²) in [5.41, 5.74) is 0.226. The number of nitrogens with zero attached hydrogens (tertiary/aromatic N) is 2. The normalized spacial score (nSPS) is 14.9. The minimum Gasteiger partial charge on any atom is -0.306 e. The number of aromatic amines is 1. The third-order valence-corrected chi connectivity index (χ3v) is 5.47. The van der Waals surface area contributed by atoms with E-state index in [2.05, 4.69) is 9.97 Å². The first-order valence-electron chi connectivity index (χ1n) is 8.54. The summed E-state index contributed by atoms with van der Waals surface area (Å²) >= 11 is 1.45. The third kappa shape index (κ3) is 3.85. The van der Waals surface area contributed by atoms with Gasteiger partial charge in [-0.15, -0.1) is 11.3 Å². The number of halogens is 4. The van der Waals surface area contributed by atoms with Gasteiger partial charge in [0, 0.05) is 25.2 Å². The Morgan fingerprint density at radius 3 is 2.79 bits per heavy atom. The fraction of sp³-hybridized carbons (Fsp3) is 0.263. The van der Waals surface area contributed by atoms with Crippen LogP contribution < -0.4 is 5.56 Å². The first kappa shape index (κ1) is 18.8. The monoisotopic (exact) mass is 409 g/mol. The smallest absolute Gasteiger partial charge is 0.306 e. The predicted molar refractivity (Wildman–Crippen MR) is 97.4 cm³/mol. The van der Waals surface area contributed by atoms with Gasteiger partial charge in [0.25, 0.3) is 5.56 Å². The third-order valence-electron chi connectivity index (χ3n) is 4.60. The van der Waals surface area contributed by atoms with Crippen LogP contribution >= 0.6 is 11.3 Å². The Morgan fingerprint density at radius 2 is 2.07 bits per heavy atom. The molecule has 0 amide bonds. The summed E-state index contributed by atoms with van der Waals surface area (Å²) in [5, 5.41) is 1.88. The lowest BCUT2D eigenvalue weighted by Crippen LogP contribution is -2.35. The van der Waals surface area contributed by atoms with Crippen molar-refractivity contribution in [1.82, 2.24) is 14.9 Å². The van der Waals surface area contributed by atoms with Crippen molar-refractivity contribution in [3.8, 4) is 10.7 Å². The summed E-state index contributed by atoms with van der Waals surface area (Å²) < 4.78 is 52.4. The number of aromatic nitrogens is 2. The highest BCUT2D eigenvalue weighted by Crippen LogP contribution is 2.31. The molecule has 1 aliphatic rings. The largest absolute Gasteiger partial charge is 0.416 e. The van der Waals surface area contributed by atoms with E-state index in [1.165, 1.54) is 11.3 Å². The summed E-state index contributed by atoms with van der Waals surface area (Å²) in [6.45, 7) is 0.937. The molecule has 0 saturated heterocycles. The van der Waals surface area contributed by atoms with Crippen LogP contribution in [0.5, 0.6) is 0 Å². The molecule has 0 fully saturated rings. The molecule has 146 valence electrons. The molecule has 3 heterocycles. The van der Waals surface area contributed by atoms with E-state index in [-0.39, 0.29) is 17.7 Å². The van der Waals surface area contributed by atoms with Crippen LogP contribution in [0, 0.1) is 5.82 Å². The molecule has 2 aromatic heterocycles. The number of rotatable bonds is 3. The molecular formula is C19H15F4N3OS. The second kappa shape index (κ2) is 7.14. The summed E-state index contributed by atoms with van der Waals surface area (Å²) in [7, 11) is 0. The van der Waals surface area contributed by atoms with E-state index >= 15 is 0 Å². The van der Waals surface area contributed by atoms with Gasteiger partial charge in [-0.25, -0.2) is 9.37 Å². The van der Waals surface area contributed by atoms with Crippen molar-refractivity contribution in [3.05, 3.63) is 74.3 Å². The maximum Gasteiger partial charge on any atom is 0.416 e. The molecule has 0 bridgehead atoms. The maximum atomic E-state index is 13.6. The molecule has 0 spiro atoms. The SMILES string of the molecule is O=c1[nH]c(-c2cccs2)nc2c1CCN(Cc1cc(F)cc(C(F)(F)F)c1)C2. The van der Waals surface area contributed by atoms with E-state index in [0.717, 1.165) is 17.0 Å². The van der Waals surface area contributed by atoms with Crippen LogP contribution in [-0.2, 0) is 25.7 Å². The number of H-pyrrole nitrogens is 1. The van der Waals surface area contributed by atoms with Crippen molar-refractivity contribution < 1.29 is 17.6 Å². The molecular weight excluding hydrogens is 394 g/mol. The van der Waals surface area contributed by atoms with Crippen LogP contribution in [0.15, 0.2) is 40.5 Å². The van der Waals surface area contributed by atoms with Gasteiger partial charge >= 0.3 is 6.18 Å². The van der Waals surface area contributed by atoms with Gasteiger partial charge in [0.15, 0.2) is 5.82 Å². The molecule has 0 radical (unpaired) electrons. The Bertz CT molecular complexity index is 1060. The Hall–Kier alpha value is -2.52. The molecule has 0 unspecified atom stereocenters. The van der Waals surface area contributed by atoms with E-state index < -0.39 is 17.6 Å². The number of nitrogens with one attached hydrogen (secondary N) is 1. The zero-order valence-electron chi connectivity index (χ0n) is 14.5. The summed E-state index contributed by atoms with van der Waals surface area (Å²) in [4.78, 5) is 22.4. The zero-order valence-corrected chi connectivity index (χ0v) is 15.3. The van der Waals surface area contributed by atoms with Crippen molar-refractivity contribution in [2.24, 2.45) is 0 Å². The average Bonchev–Trinajstić information content (AvgIpc) is 3.15. The number of thiophene rings is 1. The Balaban J connectivity index is 1.59. The molecule has 0 aliphatic carbocycles. The van der Waals surface area contributed by atoms with Gasteiger partial charge in [-0.3, -0.25) is 9.69 Å². The van der Waals surface area contributed by atoms with Crippen molar-refractivity contribution in [3.63, 3.8) is 0 Å². The van der Waals surface area contributed by atoms with Crippen LogP contribution in [0.4, 0.5) is 17.6 Å². The Labute approximate surface area is 161 Å². The highest BCUT2D eigenvalue weighted by molar-refractivity contribution is 7.13. The second-order valence-electron chi connectivity index (χ2n) is 6.62. The highest BCUT2D eigenvalue weighted by atomic mass is 32.1. The molecule has 1 N–H and O–H groups in total. The molecule has 28 heavy (non-hydrogen) atoms. The second-order valence-corrected chi connectivity index (χ2v) is 7.57. The molecule has 4 rings (SSSR count). The lowest BCUT2D eigenvalue weighted by atomic mass is 10.0. The number of hydrogen-bond acceptors (Lipinski definition) is 4. The first-order valence-corrected chi connectivity index (χ1v) is 9.42. The average molecular weight is 409 g/mol. The van der Waals surface area contributed by atoms with Crippen LogP contribution in [0.2, 0.25) is 0 Å². The fourth-order valence-electron chi connectivity index (χ4n) is 3.32. The Morgan fingerprint density at radius 1 is 1.25 bits per heavy atom. The van der Waals surface area contributed by atoms with E-state index in [9.17, 15) is 22.4 Å². The number of hydrogen-bond donors (Lipinski definition) is 1. The van der Waals surface area contributed by atoms with Crippen LogP contribution in [0.25, 0.3) is 10.7 Å². The molecule has 0 saturated carbocycles. The lowest BCUT2D eigenvalue weighted by molar-refractivity contribution is -0.137. The van der Waals surface area contributed by atoms with Gasteiger partial charge in [-0.05, 0) is 41.6 Å².